The van der Waals surface area contributed by atoms with Crippen molar-refractivity contribution in [3.63, 3.8) is 0 Å². The molecule has 0 bridgehead atoms. The van der Waals surface area contributed by atoms with Crippen molar-refractivity contribution in [3.05, 3.63) is 62.4 Å². The van der Waals surface area contributed by atoms with E-state index in [1.165, 1.54) is 12.1 Å². The molecule has 5 heteroatoms. The molecule has 0 unspecified atom stereocenters. The normalized spacial score (nSPS) is 10.3. The number of halogens is 3. The van der Waals surface area contributed by atoms with Crippen molar-refractivity contribution >= 4 is 45.8 Å². The first-order chi connectivity index (χ1) is 9.04. The van der Waals surface area contributed by atoms with Gasteiger partial charge in [0.2, 0.25) is 5.91 Å². The predicted molar refractivity (Wildman–Crippen MR) is 82.9 cm³/mol. The molecule has 2 aromatic rings. The number of hydrogen-bond donors (Lipinski definition) is 1. The van der Waals surface area contributed by atoms with Crippen molar-refractivity contribution in [2.24, 2.45) is 0 Å². The van der Waals surface area contributed by atoms with E-state index in [2.05, 4.69) is 27.9 Å². The van der Waals surface area contributed by atoms with E-state index in [9.17, 15) is 9.18 Å². The molecule has 2 rings (SSSR count). The van der Waals surface area contributed by atoms with Crippen molar-refractivity contribution in [2.45, 2.75) is 6.42 Å². The number of hydrogen-bond acceptors (Lipinski definition) is 1. The fourth-order valence-corrected chi connectivity index (χ4v) is 2.52. The quantitative estimate of drug-likeness (QED) is 0.781. The van der Waals surface area contributed by atoms with Gasteiger partial charge in [0, 0.05) is 3.57 Å². The van der Waals surface area contributed by atoms with Gasteiger partial charge in [-0.15, -0.1) is 0 Å². The molecule has 0 spiro atoms. The van der Waals surface area contributed by atoms with Gasteiger partial charge in [-0.25, -0.2) is 4.39 Å². The second-order valence-corrected chi connectivity index (χ2v) is 5.63. The van der Waals surface area contributed by atoms with Crippen LogP contribution in [0.2, 0.25) is 5.02 Å². The van der Waals surface area contributed by atoms with Gasteiger partial charge in [-0.1, -0.05) is 23.7 Å². The van der Waals surface area contributed by atoms with Crippen LogP contribution in [0.15, 0.2) is 42.5 Å². The van der Waals surface area contributed by atoms with Crippen molar-refractivity contribution in [1.82, 2.24) is 0 Å². The topological polar surface area (TPSA) is 29.1 Å². The minimum absolute atomic E-state index is 0.111. The monoisotopic (exact) mass is 389 g/mol. The van der Waals surface area contributed by atoms with E-state index in [-0.39, 0.29) is 18.1 Å². The SMILES string of the molecule is O=C(Cc1cccc(F)c1)Nc1ccc(I)cc1Cl. The highest BCUT2D eigenvalue weighted by Gasteiger charge is 2.07. The van der Waals surface area contributed by atoms with Crippen molar-refractivity contribution in [1.29, 1.82) is 0 Å². The third-order valence-corrected chi connectivity index (χ3v) is 3.44. The second-order valence-electron chi connectivity index (χ2n) is 3.98. The second kappa shape index (κ2) is 6.34. The molecule has 0 atom stereocenters. The zero-order valence-corrected chi connectivity index (χ0v) is 12.7. The van der Waals surface area contributed by atoms with E-state index in [0.29, 0.717) is 16.3 Å². The molecule has 0 heterocycles. The van der Waals surface area contributed by atoms with E-state index in [1.54, 1.807) is 24.3 Å². The van der Waals surface area contributed by atoms with Crippen LogP contribution in [0, 0.1) is 9.39 Å². The summed E-state index contributed by atoms with van der Waals surface area (Å²) in [4.78, 5) is 11.8. The van der Waals surface area contributed by atoms with E-state index in [4.69, 9.17) is 11.6 Å². The summed E-state index contributed by atoms with van der Waals surface area (Å²) in [6.07, 6.45) is 0.111. The van der Waals surface area contributed by atoms with E-state index >= 15 is 0 Å². The van der Waals surface area contributed by atoms with Gasteiger partial charge in [0.15, 0.2) is 0 Å². The number of carbonyl (C=O) groups excluding carboxylic acids is 1. The minimum atomic E-state index is -0.349. The first kappa shape index (κ1) is 14.3. The van der Waals surface area contributed by atoms with E-state index in [0.717, 1.165) is 3.57 Å². The maximum Gasteiger partial charge on any atom is 0.228 e. The molecule has 0 saturated carbocycles. The number of carbonyl (C=O) groups is 1. The Balaban J connectivity index is 2.05. The number of anilines is 1. The summed E-state index contributed by atoms with van der Waals surface area (Å²) in [5.74, 6) is -0.577. The molecule has 0 aliphatic rings. The summed E-state index contributed by atoms with van der Waals surface area (Å²) >= 11 is 8.16. The lowest BCUT2D eigenvalue weighted by molar-refractivity contribution is -0.115. The van der Waals surface area contributed by atoms with Gasteiger partial charge in [0.1, 0.15) is 5.82 Å². The Morgan fingerprint density at radius 2 is 2.05 bits per heavy atom. The smallest absolute Gasteiger partial charge is 0.228 e. The number of amides is 1. The van der Waals surface area contributed by atoms with E-state index < -0.39 is 0 Å². The summed E-state index contributed by atoms with van der Waals surface area (Å²) in [5.41, 5.74) is 1.18. The fourth-order valence-electron chi connectivity index (χ4n) is 1.62. The maximum atomic E-state index is 13.0. The molecule has 0 saturated heterocycles. The Labute approximate surface area is 129 Å². The highest BCUT2D eigenvalue weighted by atomic mass is 127. The van der Waals surface area contributed by atoms with Crippen LogP contribution in [0.5, 0.6) is 0 Å². The van der Waals surface area contributed by atoms with Crippen molar-refractivity contribution < 1.29 is 9.18 Å². The zero-order chi connectivity index (χ0) is 13.8. The highest BCUT2D eigenvalue weighted by Crippen LogP contribution is 2.24. The van der Waals surface area contributed by atoms with Gasteiger partial charge in [0.25, 0.3) is 0 Å². The molecule has 0 aliphatic carbocycles. The van der Waals surface area contributed by atoms with E-state index in [1.807, 2.05) is 6.07 Å². The van der Waals surface area contributed by atoms with Gasteiger partial charge in [0.05, 0.1) is 17.1 Å². The Hall–Kier alpha value is -1.14. The molecule has 2 nitrogen and oxygen atoms in total. The molecule has 0 aliphatic heterocycles. The molecule has 0 fully saturated rings. The summed E-state index contributed by atoms with van der Waals surface area (Å²) in [6.45, 7) is 0. The standard InChI is InChI=1S/C14H10ClFINO/c15-12-8-11(17)4-5-13(12)18-14(19)7-9-2-1-3-10(16)6-9/h1-6,8H,7H2,(H,18,19). The number of nitrogens with one attached hydrogen (secondary N) is 1. The third kappa shape index (κ3) is 4.18. The van der Waals surface area contributed by atoms with Gasteiger partial charge in [-0.05, 0) is 58.5 Å². The molecule has 0 aromatic heterocycles. The van der Waals surface area contributed by atoms with Crippen molar-refractivity contribution in [2.75, 3.05) is 5.32 Å². The van der Waals surface area contributed by atoms with Crippen LogP contribution in [-0.2, 0) is 11.2 Å². The lowest BCUT2D eigenvalue weighted by atomic mass is 10.1. The van der Waals surface area contributed by atoms with Crippen LogP contribution in [0.4, 0.5) is 10.1 Å². The van der Waals surface area contributed by atoms with Crippen LogP contribution < -0.4 is 5.32 Å². The van der Waals surface area contributed by atoms with Crippen LogP contribution in [-0.4, -0.2) is 5.91 Å². The average Bonchev–Trinajstić information content (AvgIpc) is 2.33. The maximum absolute atomic E-state index is 13.0. The van der Waals surface area contributed by atoms with Crippen LogP contribution in [0.1, 0.15) is 5.56 Å². The first-order valence-corrected chi connectivity index (χ1v) is 6.99. The fraction of sp³-hybridized carbons (Fsp3) is 0.0714. The van der Waals surface area contributed by atoms with Gasteiger partial charge in [-0.3, -0.25) is 4.79 Å². The summed E-state index contributed by atoms with van der Waals surface area (Å²) in [6, 6.07) is 11.3. The predicted octanol–water partition coefficient (Wildman–Crippen LogP) is 4.26. The highest BCUT2D eigenvalue weighted by molar-refractivity contribution is 14.1. The molecule has 0 radical (unpaired) electrons. The summed E-state index contributed by atoms with van der Waals surface area (Å²) in [5, 5.41) is 3.19. The van der Waals surface area contributed by atoms with Crippen LogP contribution >= 0.6 is 34.2 Å². The average molecular weight is 390 g/mol. The van der Waals surface area contributed by atoms with Crippen LogP contribution in [0.3, 0.4) is 0 Å². The van der Waals surface area contributed by atoms with Gasteiger partial charge in [-0.2, -0.15) is 0 Å². The van der Waals surface area contributed by atoms with Gasteiger partial charge >= 0.3 is 0 Å². The number of benzene rings is 2. The molecule has 2 aromatic carbocycles. The zero-order valence-electron chi connectivity index (χ0n) is 9.79. The Morgan fingerprint density at radius 3 is 2.74 bits per heavy atom. The first-order valence-electron chi connectivity index (χ1n) is 5.54. The largest absolute Gasteiger partial charge is 0.324 e. The number of rotatable bonds is 3. The minimum Gasteiger partial charge on any atom is -0.324 e. The van der Waals surface area contributed by atoms with Gasteiger partial charge < -0.3 is 5.32 Å². The molecular weight excluding hydrogens is 380 g/mol. The Kier molecular flexibility index (Phi) is 4.76. The molecule has 98 valence electrons. The van der Waals surface area contributed by atoms with Crippen molar-refractivity contribution in [3.8, 4) is 0 Å². The Morgan fingerprint density at radius 1 is 1.26 bits per heavy atom. The van der Waals surface area contributed by atoms with Crippen LogP contribution in [0.25, 0.3) is 0 Å². The Bertz CT molecular complexity index is 618. The molecular formula is C14H10ClFINO. The summed E-state index contributed by atoms with van der Waals surface area (Å²) in [7, 11) is 0. The lowest BCUT2D eigenvalue weighted by Gasteiger charge is -2.07. The molecule has 1 N–H and O–H groups in total. The summed E-state index contributed by atoms with van der Waals surface area (Å²) < 4.78 is 14.0. The third-order valence-electron chi connectivity index (χ3n) is 2.46. The lowest BCUT2D eigenvalue weighted by Crippen LogP contribution is -2.14. The molecule has 1 amide bonds. The molecule has 19 heavy (non-hydrogen) atoms.